The summed E-state index contributed by atoms with van der Waals surface area (Å²) in [6.45, 7) is 8.38. The molecule has 0 saturated carbocycles. The highest BCUT2D eigenvalue weighted by atomic mass is 35.5. The van der Waals surface area contributed by atoms with Gasteiger partial charge in [-0.05, 0) is 50.5 Å². The fraction of sp³-hybridized carbons (Fsp3) is 0.481. The van der Waals surface area contributed by atoms with Crippen LogP contribution in [-0.4, -0.2) is 57.1 Å². The highest BCUT2D eigenvalue weighted by molar-refractivity contribution is 7.92. The van der Waals surface area contributed by atoms with Crippen LogP contribution >= 0.6 is 23.2 Å². The average Bonchev–Trinajstić information content (AvgIpc) is 2.84. The topological polar surface area (TPSA) is 96.0 Å². The van der Waals surface area contributed by atoms with Gasteiger partial charge in [0.15, 0.2) is 0 Å². The van der Waals surface area contributed by atoms with Crippen LogP contribution in [0.25, 0.3) is 0 Å². The van der Waals surface area contributed by atoms with Crippen LogP contribution in [-0.2, 0) is 26.2 Å². The van der Waals surface area contributed by atoms with E-state index in [1.807, 2.05) is 20.8 Å². The lowest BCUT2D eigenvalue weighted by molar-refractivity contribution is -0.140. The van der Waals surface area contributed by atoms with E-state index in [1.165, 1.54) is 9.21 Å². The summed E-state index contributed by atoms with van der Waals surface area (Å²) in [4.78, 5) is 27.8. The van der Waals surface area contributed by atoms with E-state index >= 15 is 0 Å². The van der Waals surface area contributed by atoms with Crippen LogP contribution in [0.4, 0.5) is 5.69 Å². The first-order chi connectivity index (χ1) is 17.9. The third-order valence-electron chi connectivity index (χ3n) is 5.83. The van der Waals surface area contributed by atoms with Crippen molar-refractivity contribution in [1.29, 1.82) is 0 Å². The predicted octanol–water partition coefficient (Wildman–Crippen LogP) is 5.13. The number of hydrogen-bond acceptors (Lipinski definition) is 5. The van der Waals surface area contributed by atoms with Crippen molar-refractivity contribution in [1.82, 2.24) is 10.2 Å². The maximum Gasteiger partial charge on any atom is 0.242 e. The summed E-state index contributed by atoms with van der Waals surface area (Å²) < 4.78 is 32.1. The molecule has 0 aliphatic rings. The number of rotatable bonds is 14. The number of benzene rings is 2. The first-order valence-corrected chi connectivity index (χ1v) is 15.2. The monoisotopic (exact) mass is 585 g/mol. The fourth-order valence-electron chi connectivity index (χ4n) is 3.81. The van der Waals surface area contributed by atoms with Gasteiger partial charge in [0.05, 0.1) is 18.6 Å². The van der Waals surface area contributed by atoms with Crippen molar-refractivity contribution in [2.45, 2.75) is 53.1 Å². The van der Waals surface area contributed by atoms with Gasteiger partial charge in [0.2, 0.25) is 21.8 Å². The molecule has 0 fully saturated rings. The van der Waals surface area contributed by atoms with Crippen molar-refractivity contribution < 1.29 is 22.7 Å². The Hall–Kier alpha value is -2.49. The maximum absolute atomic E-state index is 13.5. The Balaban J connectivity index is 2.25. The largest absolute Gasteiger partial charge is 0.492 e. The molecule has 0 aliphatic heterocycles. The minimum atomic E-state index is -3.65. The summed E-state index contributed by atoms with van der Waals surface area (Å²) in [6, 6.07) is 11.1. The Morgan fingerprint density at radius 3 is 2.24 bits per heavy atom. The van der Waals surface area contributed by atoms with Gasteiger partial charge in [-0.25, -0.2) is 8.42 Å². The van der Waals surface area contributed by atoms with E-state index in [1.54, 1.807) is 49.4 Å². The maximum atomic E-state index is 13.5. The van der Waals surface area contributed by atoms with E-state index in [0.29, 0.717) is 40.2 Å². The van der Waals surface area contributed by atoms with Gasteiger partial charge in [0, 0.05) is 41.7 Å². The number of carbonyl (C=O) groups is 2. The highest BCUT2D eigenvalue weighted by Gasteiger charge is 2.28. The van der Waals surface area contributed by atoms with Crippen LogP contribution in [0.5, 0.6) is 5.75 Å². The van der Waals surface area contributed by atoms with Crippen LogP contribution in [0.3, 0.4) is 0 Å². The lowest BCUT2D eigenvalue weighted by atomic mass is 10.1. The number of para-hydroxylation sites is 2. The molecule has 2 aromatic rings. The summed E-state index contributed by atoms with van der Waals surface area (Å²) in [5, 5.41) is 3.65. The molecule has 11 heteroatoms. The average molecular weight is 587 g/mol. The molecule has 0 aliphatic carbocycles. The standard InChI is InChI=1S/C27H37Cl2N3O5S/c1-6-37-25-14-8-7-13-24(25)32(38(5,35)36)16-10-15-26(33)31(20(4)27(34)30-17-19(2)3)18-21-22(28)11-9-12-23(21)29/h7-9,11-14,19-20H,6,10,15-18H2,1-5H3,(H,30,34)/t20-/m1/s1. The lowest BCUT2D eigenvalue weighted by Gasteiger charge is -2.30. The van der Waals surface area contributed by atoms with E-state index in [9.17, 15) is 18.0 Å². The Morgan fingerprint density at radius 1 is 1.03 bits per heavy atom. The number of hydrogen-bond donors (Lipinski definition) is 1. The molecule has 0 saturated heterocycles. The van der Waals surface area contributed by atoms with Gasteiger partial charge in [-0.1, -0.05) is 55.2 Å². The second-order valence-corrected chi connectivity index (χ2v) is 12.1. The molecule has 2 amide bonds. The van der Waals surface area contributed by atoms with Crippen LogP contribution in [0.15, 0.2) is 42.5 Å². The molecule has 0 heterocycles. The van der Waals surface area contributed by atoms with Crippen LogP contribution < -0.4 is 14.4 Å². The van der Waals surface area contributed by atoms with Crippen molar-refractivity contribution in [3.63, 3.8) is 0 Å². The Morgan fingerprint density at radius 2 is 1.66 bits per heavy atom. The van der Waals surface area contributed by atoms with Crippen LogP contribution in [0, 0.1) is 5.92 Å². The summed E-state index contributed by atoms with van der Waals surface area (Å²) in [5.41, 5.74) is 0.946. The summed E-state index contributed by atoms with van der Waals surface area (Å²) in [6.07, 6.45) is 1.34. The third-order valence-corrected chi connectivity index (χ3v) is 7.72. The fourth-order valence-corrected chi connectivity index (χ4v) is 5.30. The molecular formula is C27H37Cl2N3O5S. The van der Waals surface area contributed by atoms with Gasteiger partial charge >= 0.3 is 0 Å². The summed E-state index contributed by atoms with van der Waals surface area (Å²) in [5.74, 6) is 0.0744. The first kappa shape index (κ1) is 31.7. The van der Waals surface area contributed by atoms with E-state index in [0.717, 1.165) is 6.26 Å². The number of amides is 2. The van der Waals surface area contributed by atoms with Crippen LogP contribution in [0.2, 0.25) is 10.0 Å². The van der Waals surface area contributed by atoms with Crippen molar-refractivity contribution in [3.05, 3.63) is 58.1 Å². The molecule has 2 rings (SSSR count). The molecule has 210 valence electrons. The van der Waals surface area contributed by atoms with Gasteiger partial charge < -0.3 is 15.0 Å². The lowest BCUT2D eigenvalue weighted by Crippen LogP contribution is -2.48. The molecule has 0 unspecified atom stereocenters. The number of nitrogens with one attached hydrogen (secondary N) is 1. The van der Waals surface area contributed by atoms with Crippen molar-refractivity contribution >= 4 is 50.7 Å². The van der Waals surface area contributed by atoms with E-state index in [4.69, 9.17) is 27.9 Å². The molecule has 0 radical (unpaired) electrons. The predicted molar refractivity (Wildman–Crippen MR) is 153 cm³/mol. The molecule has 8 nitrogen and oxygen atoms in total. The molecule has 38 heavy (non-hydrogen) atoms. The minimum absolute atomic E-state index is 0.00664. The van der Waals surface area contributed by atoms with Crippen LogP contribution in [0.1, 0.15) is 46.1 Å². The number of anilines is 1. The third kappa shape index (κ3) is 9.06. The van der Waals surface area contributed by atoms with E-state index < -0.39 is 16.1 Å². The summed E-state index contributed by atoms with van der Waals surface area (Å²) >= 11 is 12.7. The highest BCUT2D eigenvalue weighted by Crippen LogP contribution is 2.31. The van der Waals surface area contributed by atoms with E-state index in [2.05, 4.69) is 5.32 Å². The SMILES string of the molecule is CCOc1ccccc1N(CCCC(=O)N(Cc1c(Cl)cccc1Cl)[C@H](C)C(=O)NCC(C)C)S(C)(=O)=O. The first-order valence-electron chi connectivity index (χ1n) is 12.6. The minimum Gasteiger partial charge on any atom is -0.492 e. The molecular weight excluding hydrogens is 549 g/mol. The smallest absolute Gasteiger partial charge is 0.242 e. The number of carbonyl (C=O) groups excluding carboxylic acids is 2. The number of ether oxygens (including phenoxy) is 1. The van der Waals surface area contributed by atoms with Gasteiger partial charge in [-0.2, -0.15) is 0 Å². The van der Waals surface area contributed by atoms with E-state index in [-0.39, 0.29) is 43.7 Å². The Kier molecular flexibility index (Phi) is 12.2. The van der Waals surface area contributed by atoms with Crippen molar-refractivity contribution in [3.8, 4) is 5.75 Å². The van der Waals surface area contributed by atoms with Gasteiger partial charge in [0.1, 0.15) is 11.8 Å². The molecule has 0 spiro atoms. The second-order valence-electron chi connectivity index (χ2n) is 9.38. The van der Waals surface area contributed by atoms with Crippen molar-refractivity contribution in [2.24, 2.45) is 5.92 Å². The number of nitrogens with zero attached hydrogens (tertiary/aromatic N) is 2. The van der Waals surface area contributed by atoms with Gasteiger partial charge in [-0.3, -0.25) is 13.9 Å². The molecule has 1 N–H and O–H groups in total. The molecule has 0 aromatic heterocycles. The number of sulfonamides is 1. The summed E-state index contributed by atoms with van der Waals surface area (Å²) in [7, 11) is -3.65. The quantitative estimate of drug-likeness (QED) is 0.331. The molecule has 1 atom stereocenters. The normalized spacial score (nSPS) is 12.2. The van der Waals surface area contributed by atoms with Gasteiger partial charge in [-0.15, -0.1) is 0 Å². The zero-order chi connectivity index (χ0) is 28.5. The molecule has 0 bridgehead atoms. The molecule has 2 aromatic carbocycles. The van der Waals surface area contributed by atoms with Crippen molar-refractivity contribution in [2.75, 3.05) is 30.3 Å². The zero-order valence-electron chi connectivity index (χ0n) is 22.5. The zero-order valence-corrected chi connectivity index (χ0v) is 24.9. The second kappa shape index (κ2) is 14.6. The Bertz CT molecular complexity index is 1190. The Labute approximate surface area is 236 Å². The van der Waals surface area contributed by atoms with Gasteiger partial charge in [0.25, 0.3) is 0 Å². The number of halogens is 2.